The number of nitrogens with two attached hydrogens (primary N) is 1. The number of rotatable bonds is 2. The first-order valence-electron chi connectivity index (χ1n) is 4.84. The molecule has 0 aromatic carbocycles. The molecule has 1 aliphatic heterocycles. The van der Waals surface area contributed by atoms with Gasteiger partial charge in [-0.05, 0) is 19.3 Å². The number of carbonyl (C=O) groups is 1. The molecule has 0 radical (unpaired) electrons. The van der Waals surface area contributed by atoms with Crippen LogP contribution in [0.15, 0.2) is 0 Å². The lowest BCUT2D eigenvalue weighted by Crippen LogP contribution is -2.42. The van der Waals surface area contributed by atoms with Crippen LogP contribution < -0.4 is 5.73 Å². The minimum absolute atomic E-state index is 0.166. The largest absolute Gasteiger partial charge is 0.450 e. The zero-order valence-corrected chi connectivity index (χ0v) is 8.32. The van der Waals surface area contributed by atoms with E-state index in [1.807, 2.05) is 6.92 Å². The molecule has 1 heterocycles. The molecule has 1 aliphatic rings. The van der Waals surface area contributed by atoms with E-state index in [9.17, 15) is 4.79 Å². The normalized spacial score (nSPS) is 27.8. The molecule has 2 N–H and O–H groups in total. The molecule has 0 aliphatic carbocycles. The second-order valence-electron chi connectivity index (χ2n) is 3.46. The van der Waals surface area contributed by atoms with Crippen molar-refractivity contribution < 1.29 is 9.53 Å². The molecule has 1 saturated heterocycles. The first-order valence-corrected chi connectivity index (χ1v) is 4.84. The molecular formula is C9H18N2O2. The summed E-state index contributed by atoms with van der Waals surface area (Å²) in [5.74, 6) is 0.495. The fraction of sp³-hybridized carbons (Fsp3) is 0.889. The summed E-state index contributed by atoms with van der Waals surface area (Å²) < 4.78 is 4.94. The summed E-state index contributed by atoms with van der Waals surface area (Å²) in [7, 11) is 0. The predicted molar refractivity (Wildman–Crippen MR) is 50.4 cm³/mol. The van der Waals surface area contributed by atoms with Crippen molar-refractivity contribution in [3.63, 3.8) is 0 Å². The van der Waals surface area contributed by atoms with Crippen LogP contribution in [-0.2, 0) is 4.74 Å². The molecule has 0 aromatic rings. The summed E-state index contributed by atoms with van der Waals surface area (Å²) in [5, 5.41) is 0. The highest BCUT2D eigenvalue weighted by atomic mass is 16.6. The Morgan fingerprint density at radius 1 is 1.69 bits per heavy atom. The van der Waals surface area contributed by atoms with E-state index in [1.165, 1.54) is 0 Å². The molecule has 0 bridgehead atoms. The van der Waals surface area contributed by atoms with E-state index in [4.69, 9.17) is 10.5 Å². The highest BCUT2D eigenvalue weighted by molar-refractivity contribution is 5.68. The van der Waals surface area contributed by atoms with Crippen LogP contribution in [-0.4, -0.2) is 36.7 Å². The molecule has 2 atom stereocenters. The van der Waals surface area contributed by atoms with Crippen molar-refractivity contribution in [1.29, 1.82) is 0 Å². The number of hydrogen-bond donors (Lipinski definition) is 1. The van der Waals surface area contributed by atoms with Crippen LogP contribution >= 0.6 is 0 Å². The van der Waals surface area contributed by atoms with E-state index in [1.54, 1.807) is 4.90 Å². The average Bonchev–Trinajstić information content (AvgIpc) is 2.47. The SMILES string of the molecule is CCOC(=O)N1CCC(C)C1CN. The fourth-order valence-electron chi connectivity index (χ4n) is 1.80. The third-order valence-electron chi connectivity index (χ3n) is 2.63. The van der Waals surface area contributed by atoms with Crippen LogP contribution in [0.2, 0.25) is 0 Å². The number of carbonyl (C=O) groups excluding carboxylic acids is 1. The smallest absolute Gasteiger partial charge is 0.410 e. The van der Waals surface area contributed by atoms with Gasteiger partial charge >= 0.3 is 6.09 Å². The summed E-state index contributed by atoms with van der Waals surface area (Å²) in [4.78, 5) is 13.2. The van der Waals surface area contributed by atoms with Crippen LogP contribution in [0.3, 0.4) is 0 Å². The van der Waals surface area contributed by atoms with Crippen molar-refractivity contribution in [2.75, 3.05) is 19.7 Å². The summed E-state index contributed by atoms with van der Waals surface area (Å²) >= 11 is 0. The third-order valence-corrected chi connectivity index (χ3v) is 2.63. The average molecular weight is 186 g/mol. The Morgan fingerprint density at radius 2 is 2.38 bits per heavy atom. The Kier molecular flexibility index (Phi) is 3.54. The lowest BCUT2D eigenvalue weighted by molar-refractivity contribution is 0.101. The summed E-state index contributed by atoms with van der Waals surface area (Å²) in [6.07, 6.45) is 0.808. The zero-order chi connectivity index (χ0) is 9.84. The molecule has 1 amide bonds. The van der Waals surface area contributed by atoms with Crippen LogP contribution in [0.1, 0.15) is 20.3 Å². The van der Waals surface area contributed by atoms with E-state index in [-0.39, 0.29) is 12.1 Å². The lowest BCUT2D eigenvalue weighted by Gasteiger charge is -2.24. The van der Waals surface area contributed by atoms with Gasteiger partial charge in [-0.2, -0.15) is 0 Å². The molecule has 1 rings (SSSR count). The van der Waals surface area contributed by atoms with Gasteiger partial charge in [0.1, 0.15) is 0 Å². The molecule has 4 heteroatoms. The highest BCUT2D eigenvalue weighted by Crippen LogP contribution is 2.23. The van der Waals surface area contributed by atoms with Crippen LogP contribution in [0.25, 0.3) is 0 Å². The van der Waals surface area contributed by atoms with Crippen molar-refractivity contribution in [2.45, 2.75) is 26.3 Å². The maximum absolute atomic E-state index is 11.4. The minimum Gasteiger partial charge on any atom is -0.450 e. The van der Waals surface area contributed by atoms with Gasteiger partial charge in [-0.3, -0.25) is 0 Å². The monoisotopic (exact) mass is 186 g/mol. The van der Waals surface area contributed by atoms with Gasteiger partial charge < -0.3 is 15.4 Å². The summed E-state index contributed by atoms with van der Waals surface area (Å²) in [6, 6.07) is 0.166. The Morgan fingerprint density at radius 3 is 2.92 bits per heavy atom. The van der Waals surface area contributed by atoms with Gasteiger partial charge in [0.25, 0.3) is 0 Å². The summed E-state index contributed by atoms with van der Waals surface area (Å²) in [6.45, 7) is 5.68. The van der Waals surface area contributed by atoms with Gasteiger partial charge in [0, 0.05) is 19.1 Å². The van der Waals surface area contributed by atoms with Gasteiger partial charge in [-0.1, -0.05) is 6.92 Å². The van der Waals surface area contributed by atoms with Crippen LogP contribution in [0.5, 0.6) is 0 Å². The molecule has 13 heavy (non-hydrogen) atoms. The first-order chi connectivity index (χ1) is 6.20. The van der Waals surface area contributed by atoms with Crippen molar-refractivity contribution in [3.05, 3.63) is 0 Å². The highest BCUT2D eigenvalue weighted by Gasteiger charge is 2.33. The van der Waals surface area contributed by atoms with Gasteiger partial charge in [0.05, 0.1) is 6.61 Å². The molecule has 76 valence electrons. The summed E-state index contributed by atoms with van der Waals surface area (Å²) in [5.41, 5.74) is 5.60. The molecule has 1 fully saturated rings. The lowest BCUT2D eigenvalue weighted by atomic mass is 10.0. The van der Waals surface area contributed by atoms with Crippen molar-refractivity contribution in [1.82, 2.24) is 4.90 Å². The van der Waals surface area contributed by atoms with Crippen molar-refractivity contribution >= 4 is 6.09 Å². The zero-order valence-electron chi connectivity index (χ0n) is 8.32. The number of amides is 1. The topological polar surface area (TPSA) is 55.6 Å². The van der Waals surface area contributed by atoms with Gasteiger partial charge in [0.2, 0.25) is 0 Å². The maximum atomic E-state index is 11.4. The molecule has 2 unspecified atom stereocenters. The fourth-order valence-corrected chi connectivity index (χ4v) is 1.80. The number of hydrogen-bond acceptors (Lipinski definition) is 3. The molecule has 0 spiro atoms. The predicted octanol–water partition coefficient (Wildman–Crippen LogP) is 0.812. The van der Waals surface area contributed by atoms with E-state index in [0.717, 1.165) is 13.0 Å². The second kappa shape index (κ2) is 4.46. The van der Waals surface area contributed by atoms with Crippen molar-refractivity contribution in [2.24, 2.45) is 11.7 Å². The molecular weight excluding hydrogens is 168 g/mol. The quantitative estimate of drug-likeness (QED) is 0.694. The molecule has 0 saturated carbocycles. The Balaban J connectivity index is 2.54. The van der Waals surface area contributed by atoms with Gasteiger partial charge in [0.15, 0.2) is 0 Å². The van der Waals surface area contributed by atoms with Crippen LogP contribution in [0, 0.1) is 5.92 Å². The molecule has 0 aromatic heterocycles. The minimum atomic E-state index is -0.220. The van der Waals surface area contributed by atoms with E-state index in [2.05, 4.69) is 6.92 Å². The van der Waals surface area contributed by atoms with E-state index < -0.39 is 0 Å². The van der Waals surface area contributed by atoms with Crippen molar-refractivity contribution in [3.8, 4) is 0 Å². The maximum Gasteiger partial charge on any atom is 0.410 e. The Bertz CT molecular complexity index is 184. The number of nitrogens with zero attached hydrogens (tertiary/aromatic N) is 1. The standard InChI is InChI=1S/C9H18N2O2/c1-3-13-9(12)11-5-4-7(2)8(11)6-10/h7-8H,3-6,10H2,1-2H3. The van der Waals surface area contributed by atoms with Gasteiger partial charge in [-0.25, -0.2) is 4.79 Å². The first kappa shape index (κ1) is 10.3. The second-order valence-corrected chi connectivity index (χ2v) is 3.46. The van der Waals surface area contributed by atoms with Crippen LogP contribution in [0.4, 0.5) is 4.79 Å². The van der Waals surface area contributed by atoms with E-state index >= 15 is 0 Å². The number of ether oxygens (including phenoxy) is 1. The number of likely N-dealkylation sites (tertiary alicyclic amines) is 1. The van der Waals surface area contributed by atoms with E-state index in [0.29, 0.717) is 19.1 Å². The third kappa shape index (κ3) is 2.12. The molecule has 4 nitrogen and oxygen atoms in total. The Labute approximate surface area is 79.0 Å². The van der Waals surface area contributed by atoms with Gasteiger partial charge in [-0.15, -0.1) is 0 Å². The Hall–Kier alpha value is -0.770.